The van der Waals surface area contributed by atoms with Crippen LogP contribution in [0.1, 0.15) is 18.4 Å². The number of hydrogen-bond acceptors (Lipinski definition) is 5. The van der Waals surface area contributed by atoms with Gasteiger partial charge < -0.3 is 15.0 Å². The summed E-state index contributed by atoms with van der Waals surface area (Å²) < 4.78 is 46.9. The van der Waals surface area contributed by atoms with Crippen LogP contribution in [-0.2, 0) is 25.7 Å². The van der Waals surface area contributed by atoms with E-state index in [2.05, 4.69) is 5.32 Å². The lowest BCUT2D eigenvalue weighted by Gasteiger charge is -2.51. The predicted octanol–water partition coefficient (Wildman–Crippen LogP) is 0.875. The zero-order valence-electron chi connectivity index (χ0n) is 16.9. The fraction of sp³-hybridized carbons (Fsp3) is 0.500. The van der Waals surface area contributed by atoms with Crippen molar-refractivity contribution in [2.75, 3.05) is 13.1 Å². The molecule has 6 rings (SSSR count). The van der Waals surface area contributed by atoms with Gasteiger partial charge in [0.05, 0.1) is 6.10 Å². The Kier molecular flexibility index (Phi) is 4.29. The van der Waals surface area contributed by atoms with E-state index in [4.69, 9.17) is 4.74 Å². The van der Waals surface area contributed by atoms with Crippen molar-refractivity contribution in [1.82, 2.24) is 15.1 Å². The van der Waals surface area contributed by atoms with Crippen LogP contribution in [0.2, 0.25) is 0 Å². The second kappa shape index (κ2) is 6.89. The quantitative estimate of drug-likeness (QED) is 0.696. The highest BCUT2D eigenvalue weighted by molar-refractivity contribution is 6.15. The van der Waals surface area contributed by atoms with E-state index in [-0.39, 0.29) is 30.2 Å². The first-order chi connectivity index (χ1) is 15.3. The second-order valence-corrected chi connectivity index (χ2v) is 9.18. The molecule has 2 bridgehead atoms. The summed E-state index contributed by atoms with van der Waals surface area (Å²) in [6.45, 7) is -0.144. The number of rotatable bonds is 3. The van der Waals surface area contributed by atoms with Crippen LogP contribution in [0, 0.1) is 29.3 Å². The van der Waals surface area contributed by atoms with Gasteiger partial charge in [-0.25, -0.2) is 13.2 Å². The number of carbonyl (C=O) groups excluding carboxylic acids is 3. The van der Waals surface area contributed by atoms with Gasteiger partial charge in [-0.2, -0.15) is 0 Å². The number of nitrogens with zero attached hydrogens (tertiary/aromatic N) is 2. The number of ketones is 1. The molecule has 0 aromatic heterocycles. The lowest BCUT2D eigenvalue weighted by atomic mass is 9.94. The normalized spacial score (nSPS) is 35.1. The number of halogens is 3. The molecule has 1 aromatic carbocycles. The molecule has 6 unspecified atom stereocenters. The van der Waals surface area contributed by atoms with Crippen LogP contribution in [0.5, 0.6) is 0 Å². The summed E-state index contributed by atoms with van der Waals surface area (Å²) in [6, 6.07) is 0.212. The number of benzene rings is 1. The predicted molar refractivity (Wildman–Crippen MR) is 102 cm³/mol. The van der Waals surface area contributed by atoms with Crippen LogP contribution in [0.15, 0.2) is 23.8 Å². The van der Waals surface area contributed by atoms with Crippen LogP contribution in [0.25, 0.3) is 0 Å². The van der Waals surface area contributed by atoms with Gasteiger partial charge in [0.15, 0.2) is 11.8 Å². The molecule has 2 saturated carbocycles. The maximum Gasteiger partial charge on any atom is 0.250 e. The van der Waals surface area contributed by atoms with E-state index in [0.29, 0.717) is 30.5 Å². The average molecular weight is 447 g/mol. The van der Waals surface area contributed by atoms with Crippen molar-refractivity contribution in [3.05, 3.63) is 46.8 Å². The molecule has 5 aliphatic rings. The van der Waals surface area contributed by atoms with Gasteiger partial charge in [-0.1, -0.05) is 0 Å². The monoisotopic (exact) mass is 447 g/mol. The number of nitrogens with one attached hydrogen (secondary N) is 1. The number of piperazine rings is 1. The van der Waals surface area contributed by atoms with Gasteiger partial charge in [0.1, 0.15) is 23.7 Å². The van der Waals surface area contributed by atoms with E-state index in [9.17, 15) is 27.6 Å². The largest absolute Gasteiger partial charge is 0.353 e. The lowest BCUT2D eigenvalue weighted by Crippen LogP contribution is -2.69. The third-order valence-corrected chi connectivity index (χ3v) is 7.36. The Balaban J connectivity index is 1.18. The first kappa shape index (κ1) is 19.9. The Bertz CT molecular complexity index is 1070. The minimum Gasteiger partial charge on any atom is -0.353 e. The fourth-order valence-electron chi connectivity index (χ4n) is 5.82. The maximum absolute atomic E-state index is 13.8. The van der Waals surface area contributed by atoms with Crippen molar-refractivity contribution in [3.63, 3.8) is 0 Å². The van der Waals surface area contributed by atoms with E-state index in [1.165, 1.54) is 0 Å². The first-order valence-corrected chi connectivity index (χ1v) is 10.7. The smallest absolute Gasteiger partial charge is 0.250 e. The summed E-state index contributed by atoms with van der Waals surface area (Å²) in [7, 11) is 0. The van der Waals surface area contributed by atoms with Crippen LogP contribution >= 0.6 is 0 Å². The van der Waals surface area contributed by atoms with Gasteiger partial charge in [0.2, 0.25) is 11.8 Å². The SMILES string of the molecule is O=C(NCc1c(F)cc(F)cc1F)C1=CC(=O)C2C(=O)N3C(CN2C1)OC1CC3C2CC12. The molecule has 6 atom stereocenters. The molecule has 0 spiro atoms. The molecule has 0 radical (unpaired) electrons. The van der Waals surface area contributed by atoms with Crippen LogP contribution < -0.4 is 5.32 Å². The maximum atomic E-state index is 13.8. The van der Waals surface area contributed by atoms with Crippen molar-refractivity contribution >= 4 is 17.6 Å². The Morgan fingerprint density at radius 3 is 2.62 bits per heavy atom. The molecule has 2 aliphatic carbocycles. The Morgan fingerprint density at radius 1 is 1.12 bits per heavy atom. The molecule has 2 saturated heterocycles. The van der Waals surface area contributed by atoms with E-state index in [1.54, 1.807) is 9.80 Å². The van der Waals surface area contributed by atoms with Gasteiger partial charge in [0, 0.05) is 48.9 Å². The molecule has 3 aliphatic heterocycles. The highest BCUT2D eigenvalue weighted by Gasteiger charge is 2.64. The van der Waals surface area contributed by atoms with E-state index in [0.717, 1.165) is 18.9 Å². The molecule has 168 valence electrons. The number of hydrogen-bond donors (Lipinski definition) is 1. The lowest BCUT2D eigenvalue weighted by molar-refractivity contribution is -0.198. The van der Waals surface area contributed by atoms with E-state index in [1.807, 2.05) is 0 Å². The molecule has 1 N–H and O–H groups in total. The van der Waals surface area contributed by atoms with Gasteiger partial charge in [0.25, 0.3) is 0 Å². The first-order valence-electron chi connectivity index (χ1n) is 10.7. The molecule has 3 heterocycles. The third kappa shape index (κ3) is 2.92. The Hall–Kier alpha value is -2.72. The van der Waals surface area contributed by atoms with Crippen LogP contribution in [0.3, 0.4) is 0 Å². The standard InChI is InChI=1S/C22H20F3N3O4/c23-10-2-14(24)13(15(25)3-10)6-26-21(30)9-1-17(29)20-22(31)28-16-5-18(12-4-11(12)16)32-19(28)8-27(20)7-9/h1-3,11-12,16,18-20H,4-8H2,(H,26,30). The molecular formula is C22H20F3N3O4. The van der Waals surface area contributed by atoms with Gasteiger partial charge >= 0.3 is 0 Å². The minimum absolute atomic E-state index is 0.0399. The van der Waals surface area contributed by atoms with Crippen LogP contribution in [-0.4, -0.2) is 64.9 Å². The number of amides is 2. The van der Waals surface area contributed by atoms with Crippen molar-refractivity contribution in [3.8, 4) is 0 Å². The molecule has 7 nitrogen and oxygen atoms in total. The summed E-state index contributed by atoms with van der Waals surface area (Å²) in [6.07, 6.45) is 2.73. The summed E-state index contributed by atoms with van der Waals surface area (Å²) in [5, 5.41) is 2.37. The van der Waals surface area contributed by atoms with Crippen molar-refractivity contribution in [1.29, 1.82) is 0 Å². The van der Waals surface area contributed by atoms with Gasteiger partial charge in [-0.15, -0.1) is 0 Å². The average Bonchev–Trinajstić information content (AvgIpc) is 3.47. The molecule has 10 heteroatoms. The minimum atomic E-state index is -1.11. The van der Waals surface area contributed by atoms with E-state index >= 15 is 0 Å². The van der Waals surface area contributed by atoms with E-state index < -0.39 is 53.5 Å². The zero-order chi connectivity index (χ0) is 22.3. The Labute approximate surface area is 181 Å². The molecule has 32 heavy (non-hydrogen) atoms. The third-order valence-electron chi connectivity index (χ3n) is 7.36. The van der Waals surface area contributed by atoms with Gasteiger partial charge in [-0.05, 0) is 30.8 Å². The molecule has 4 fully saturated rings. The highest BCUT2D eigenvalue weighted by Crippen LogP contribution is 2.58. The summed E-state index contributed by atoms with van der Waals surface area (Å²) in [5.74, 6) is -3.77. The number of ether oxygens (including phenoxy) is 1. The number of fused-ring (bicyclic) bond motifs is 8. The van der Waals surface area contributed by atoms with Gasteiger partial charge in [-0.3, -0.25) is 19.3 Å². The van der Waals surface area contributed by atoms with Crippen molar-refractivity contribution < 1.29 is 32.3 Å². The van der Waals surface area contributed by atoms with Crippen LogP contribution in [0.4, 0.5) is 13.2 Å². The summed E-state index contributed by atoms with van der Waals surface area (Å²) in [4.78, 5) is 42.0. The highest BCUT2D eigenvalue weighted by atomic mass is 19.1. The number of carbonyl (C=O) groups is 3. The van der Waals surface area contributed by atoms with Crippen molar-refractivity contribution in [2.45, 2.75) is 43.8 Å². The summed E-state index contributed by atoms with van der Waals surface area (Å²) >= 11 is 0. The fourth-order valence-corrected chi connectivity index (χ4v) is 5.82. The molecular weight excluding hydrogens is 427 g/mol. The second-order valence-electron chi connectivity index (χ2n) is 9.18. The molecule has 2 amide bonds. The van der Waals surface area contributed by atoms with Crippen molar-refractivity contribution in [2.24, 2.45) is 11.8 Å². The molecule has 1 aromatic rings. The zero-order valence-corrected chi connectivity index (χ0v) is 16.9. The summed E-state index contributed by atoms with van der Waals surface area (Å²) in [5.41, 5.74) is -0.383. The topological polar surface area (TPSA) is 79.0 Å². The Morgan fingerprint density at radius 2 is 1.88 bits per heavy atom.